The summed E-state index contributed by atoms with van der Waals surface area (Å²) in [5.41, 5.74) is 2.49. The van der Waals surface area contributed by atoms with E-state index >= 15 is 0 Å². The van der Waals surface area contributed by atoms with Gasteiger partial charge in [-0.1, -0.05) is 48.6 Å². The van der Waals surface area contributed by atoms with Gasteiger partial charge in [0.2, 0.25) is 0 Å². The molecule has 2 rings (SSSR count). The van der Waals surface area contributed by atoms with E-state index in [1.165, 1.54) is 5.56 Å². The quantitative estimate of drug-likeness (QED) is 0.719. The molecule has 0 amide bonds. The Morgan fingerprint density at radius 1 is 0.812 bits per heavy atom. The first kappa shape index (κ1) is 10.6. The Morgan fingerprint density at radius 2 is 1.62 bits per heavy atom. The minimum Gasteiger partial charge on any atom is -0.261 e. The summed E-state index contributed by atoms with van der Waals surface area (Å²) in [5.74, 6) is 0. The van der Waals surface area contributed by atoms with Crippen LogP contribution in [0.1, 0.15) is 12.0 Å². The Kier molecular flexibility index (Phi) is 3.89. The predicted octanol–water partition coefficient (Wildman–Crippen LogP) is 3.70. The van der Waals surface area contributed by atoms with Gasteiger partial charge in [0.1, 0.15) is 0 Å². The monoisotopic (exact) mass is 209 g/mol. The summed E-state index contributed by atoms with van der Waals surface area (Å²) < 4.78 is 0. The Bertz CT molecular complexity index is 436. The van der Waals surface area contributed by atoms with Crippen molar-refractivity contribution in [3.63, 3.8) is 0 Å². The molecule has 0 saturated carbocycles. The smallest absolute Gasteiger partial charge is 0.0406 e. The van der Waals surface area contributed by atoms with Gasteiger partial charge in [-0.15, -0.1) is 0 Å². The lowest BCUT2D eigenvalue weighted by atomic mass is 10.1. The molecule has 0 fully saturated rings. The summed E-state index contributed by atoms with van der Waals surface area (Å²) in [4.78, 5) is 4.40. The number of rotatable bonds is 3. The zero-order chi connectivity index (χ0) is 11.1. The van der Waals surface area contributed by atoms with E-state index in [-0.39, 0.29) is 0 Å². The first-order valence-corrected chi connectivity index (χ1v) is 5.55. The topological polar surface area (TPSA) is 12.4 Å². The van der Waals surface area contributed by atoms with Crippen LogP contribution < -0.4 is 0 Å². The van der Waals surface area contributed by atoms with Crippen LogP contribution in [0.4, 0.5) is 0 Å². The third-order valence-corrected chi connectivity index (χ3v) is 2.46. The molecular formula is C15H15N. The second-order valence-electron chi connectivity index (χ2n) is 3.69. The van der Waals surface area contributed by atoms with Crippen LogP contribution >= 0.6 is 0 Å². The third-order valence-electron chi connectivity index (χ3n) is 2.46. The number of aliphatic imine (C=N–C) groups is 1. The van der Waals surface area contributed by atoms with E-state index in [0.29, 0.717) is 0 Å². The highest BCUT2D eigenvalue weighted by molar-refractivity contribution is 5.95. The van der Waals surface area contributed by atoms with E-state index in [2.05, 4.69) is 35.3 Å². The van der Waals surface area contributed by atoms with E-state index in [9.17, 15) is 0 Å². The maximum absolute atomic E-state index is 4.40. The fourth-order valence-electron chi connectivity index (χ4n) is 1.59. The van der Waals surface area contributed by atoms with E-state index in [1.807, 2.05) is 36.6 Å². The third kappa shape index (κ3) is 3.35. The van der Waals surface area contributed by atoms with Crippen LogP contribution in [-0.4, -0.2) is 5.71 Å². The molecule has 0 bridgehead atoms. The molecule has 1 aliphatic heterocycles. The van der Waals surface area contributed by atoms with Crippen molar-refractivity contribution in [1.29, 1.82) is 0 Å². The van der Waals surface area contributed by atoms with E-state index < -0.39 is 0 Å². The number of hydrogen-bond donors (Lipinski definition) is 0. The minimum absolute atomic E-state index is 0.985. The summed E-state index contributed by atoms with van der Waals surface area (Å²) >= 11 is 0. The van der Waals surface area contributed by atoms with Crippen molar-refractivity contribution in [2.75, 3.05) is 0 Å². The molecule has 1 aromatic rings. The van der Waals surface area contributed by atoms with E-state index in [0.717, 1.165) is 18.6 Å². The van der Waals surface area contributed by atoms with Gasteiger partial charge in [0.15, 0.2) is 0 Å². The lowest BCUT2D eigenvalue weighted by Gasteiger charge is -2.01. The van der Waals surface area contributed by atoms with Crippen molar-refractivity contribution in [1.82, 2.24) is 0 Å². The Hall–Kier alpha value is -1.89. The predicted molar refractivity (Wildman–Crippen MR) is 69.6 cm³/mol. The molecule has 1 aromatic carbocycles. The number of hydrogen-bond acceptors (Lipinski definition) is 1. The molecule has 0 spiro atoms. The standard InChI is InChI=1S/C15H15N/c1-2-7-13-16-15(10-6-1)12-11-14-8-4-3-5-9-14/h1-10,13H,11-12H2/b2-1-,6-1?,7-2?,10-6-,13-7-,15-10?,16-13?,16-15+. The van der Waals surface area contributed by atoms with Crippen molar-refractivity contribution in [3.05, 3.63) is 72.5 Å². The van der Waals surface area contributed by atoms with Gasteiger partial charge < -0.3 is 0 Å². The zero-order valence-corrected chi connectivity index (χ0v) is 9.21. The Morgan fingerprint density at radius 3 is 2.50 bits per heavy atom. The second kappa shape index (κ2) is 5.86. The molecule has 0 unspecified atom stereocenters. The van der Waals surface area contributed by atoms with Crippen LogP contribution in [0.3, 0.4) is 0 Å². The second-order valence-corrected chi connectivity index (χ2v) is 3.69. The SMILES string of the molecule is C1=C\C=C/C(CCc2ccccc2)=N\C=C/1. The van der Waals surface area contributed by atoms with Gasteiger partial charge in [0.05, 0.1) is 0 Å². The minimum atomic E-state index is 0.985. The van der Waals surface area contributed by atoms with Gasteiger partial charge in [-0.3, -0.25) is 4.99 Å². The Balaban J connectivity index is 1.95. The molecule has 1 nitrogen and oxygen atoms in total. The average Bonchev–Trinajstić information content (AvgIpc) is 2.29. The van der Waals surface area contributed by atoms with Crippen LogP contribution in [0.25, 0.3) is 0 Å². The van der Waals surface area contributed by atoms with Crippen LogP contribution in [0.15, 0.2) is 71.9 Å². The number of nitrogens with zero attached hydrogens (tertiary/aromatic N) is 1. The van der Waals surface area contributed by atoms with Gasteiger partial charge in [0.25, 0.3) is 0 Å². The molecule has 0 N–H and O–H groups in total. The first-order valence-electron chi connectivity index (χ1n) is 5.55. The first-order chi connectivity index (χ1) is 7.95. The van der Waals surface area contributed by atoms with Crippen LogP contribution in [0.2, 0.25) is 0 Å². The number of aryl methyl sites for hydroxylation is 1. The molecule has 0 atom stereocenters. The van der Waals surface area contributed by atoms with Crippen LogP contribution in [0.5, 0.6) is 0 Å². The maximum atomic E-state index is 4.40. The molecule has 0 radical (unpaired) electrons. The summed E-state index contributed by atoms with van der Waals surface area (Å²) in [7, 11) is 0. The van der Waals surface area contributed by atoms with Crippen molar-refractivity contribution in [3.8, 4) is 0 Å². The molecule has 0 saturated heterocycles. The molecule has 1 aliphatic rings. The van der Waals surface area contributed by atoms with Crippen LogP contribution in [0, 0.1) is 0 Å². The molecule has 16 heavy (non-hydrogen) atoms. The van der Waals surface area contributed by atoms with Gasteiger partial charge in [0, 0.05) is 11.9 Å². The molecule has 1 heterocycles. The fourth-order valence-corrected chi connectivity index (χ4v) is 1.59. The van der Waals surface area contributed by atoms with Crippen molar-refractivity contribution >= 4 is 5.71 Å². The summed E-state index contributed by atoms with van der Waals surface area (Å²) in [6.45, 7) is 0. The van der Waals surface area contributed by atoms with E-state index in [4.69, 9.17) is 0 Å². The highest BCUT2D eigenvalue weighted by Crippen LogP contribution is 2.05. The molecule has 1 heteroatoms. The average molecular weight is 209 g/mol. The number of benzene rings is 1. The highest BCUT2D eigenvalue weighted by atomic mass is 14.7. The molecule has 80 valence electrons. The molecular weight excluding hydrogens is 194 g/mol. The Labute approximate surface area is 96.5 Å². The summed E-state index contributed by atoms with van der Waals surface area (Å²) in [6.07, 6.45) is 13.9. The number of allylic oxidation sites excluding steroid dienone is 5. The maximum Gasteiger partial charge on any atom is 0.0406 e. The normalized spacial score (nSPS) is 23.6. The lowest BCUT2D eigenvalue weighted by Crippen LogP contribution is -1.96. The van der Waals surface area contributed by atoms with E-state index in [1.54, 1.807) is 0 Å². The van der Waals surface area contributed by atoms with Gasteiger partial charge >= 0.3 is 0 Å². The van der Waals surface area contributed by atoms with Gasteiger partial charge in [-0.2, -0.15) is 0 Å². The van der Waals surface area contributed by atoms with Crippen molar-refractivity contribution in [2.24, 2.45) is 4.99 Å². The highest BCUT2D eigenvalue weighted by Gasteiger charge is 1.96. The van der Waals surface area contributed by atoms with Crippen LogP contribution in [-0.2, 0) is 6.42 Å². The largest absolute Gasteiger partial charge is 0.261 e. The van der Waals surface area contributed by atoms with Crippen molar-refractivity contribution in [2.45, 2.75) is 12.8 Å². The van der Waals surface area contributed by atoms with Gasteiger partial charge in [-0.25, -0.2) is 0 Å². The summed E-state index contributed by atoms with van der Waals surface area (Å²) in [5, 5.41) is 0. The zero-order valence-electron chi connectivity index (χ0n) is 9.21. The molecule has 0 aromatic heterocycles. The molecule has 0 aliphatic carbocycles. The fraction of sp³-hybridized carbons (Fsp3) is 0.133. The van der Waals surface area contributed by atoms with Crippen molar-refractivity contribution < 1.29 is 0 Å². The van der Waals surface area contributed by atoms with Gasteiger partial charge in [-0.05, 0) is 30.6 Å². The summed E-state index contributed by atoms with van der Waals surface area (Å²) in [6, 6.07) is 10.5. The lowest BCUT2D eigenvalue weighted by molar-refractivity contribution is 1.04.